The van der Waals surface area contributed by atoms with Crippen LogP contribution in [0.1, 0.15) is 5.56 Å². The first-order valence-electron chi connectivity index (χ1n) is 5.82. The average molecular weight is 235 g/mol. The molecule has 0 saturated heterocycles. The molecule has 0 fully saturated rings. The van der Waals surface area contributed by atoms with Crippen molar-refractivity contribution in [3.05, 3.63) is 54.4 Å². The van der Waals surface area contributed by atoms with Gasteiger partial charge in [0.15, 0.2) is 0 Å². The van der Waals surface area contributed by atoms with Crippen LogP contribution in [0.3, 0.4) is 0 Å². The van der Waals surface area contributed by atoms with Crippen LogP contribution in [0.4, 0.5) is 5.69 Å². The van der Waals surface area contributed by atoms with Crippen LogP contribution in [0.5, 0.6) is 0 Å². The molecule has 3 aromatic rings. The lowest BCUT2D eigenvalue weighted by atomic mass is 10.0. The Bertz CT molecular complexity index is 715. The van der Waals surface area contributed by atoms with Crippen LogP contribution < -0.4 is 5.73 Å². The minimum Gasteiger partial charge on any atom is -0.397 e. The number of nitrogen functional groups attached to an aromatic ring is 1. The molecule has 0 aliphatic heterocycles. The molecule has 0 aliphatic carbocycles. The van der Waals surface area contributed by atoms with Crippen molar-refractivity contribution in [1.29, 1.82) is 0 Å². The lowest BCUT2D eigenvalue weighted by Gasteiger charge is -2.08. The molecule has 18 heavy (non-hydrogen) atoms. The highest BCUT2D eigenvalue weighted by Crippen LogP contribution is 2.28. The quantitative estimate of drug-likeness (QED) is 0.704. The summed E-state index contributed by atoms with van der Waals surface area (Å²) in [5.41, 5.74) is 10.4. The second-order valence-corrected chi connectivity index (χ2v) is 4.31. The summed E-state index contributed by atoms with van der Waals surface area (Å²) in [6.45, 7) is 2.01. The summed E-state index contributed by atoms with van der Waals surface area (Å²) >= 11 is 0. The Balaban J connectivity index is 2.31. The van der Waals surface area contributed by atoms with Gasteiger partial charge in [-0.3, -0.25) is 9.97 Å². The van der Waals surface area contributed by atoms with Crippen molar-refractivity contribution in [2.45, 2.75) is 6.92 Å². The Labute approximate surface area is 105 Å². The molecular weight excluding hydrogens is 222 g/mol. The van der Waals surface area contributed by atoms with E-state index in [1.165, 1.54) is 0 Å². The maximum absolute atomic E-state index is 5.74. The number of hydrogen-bond donors (Lipinski definition) is 1. The molecule has 0 spiro atoms. The molecule has 2 heterocycles. The van der Waals surface area contributed by atoms with E-state index in [4.69, 9.17) is 5.73 Å². The molecule has 0 bridgehead atoms. The zero-order valence-electron chi connectivity index (χ0n) is 10.1. The fourth-order valence-electron chi connectivity index (χ4n) is 2.17. The fraction of sp³-hybridized carbons (Fsp3) is 0.0667. The number of aromatic nitrogens is 2. The molecular formula is C15H13N3. The Morgan fingerprint density at radius 2 is 1.89 bits per heavy atom. The van der Waals surface area contributed by atoms with E-state index >= 15 is 0 Å². The maximum Gasteiger partial charge on any atom is 0.0796 e. The first kappa shape index (κ1) is 10.7. The first-order valence-corrected chi connectivity index (χ1v) is 5.82. The minimum absolute atomic E-state index is 0.685. The number of fused-ring (bicyclic) bond motifs is 1. The minimum atomic E-state index is 0.685. The van der Waals surface area contributed by atoms with Crippen molar-refractivity contribution < 1.29 is 0 Å². The van der Waals surface area contributed by atoms with Crippen LogP contribution >= 0.6 is 0 Å². The van der Waals surface area contributed by atoms with Gasteiger partial charge >= 0.3 is 0 Å². The third kappa shape index (κ3) is 1.70. The van der Waals surface area contributed by atoms with Gasteiger partial charge in [0.1, 0.15) is 0 Å². The van der Waals surface area contributed by atoms with E-state index in [1.807, 2.05) is 31.2 Å². The highest BCUT2D eigenvalue weighted by molar-refractivity contribution is 5.93. The second kappa shape index (κ2) is 4.11. The van der Waals surface area contributed by atoms with E-state index in [0.29, 0.717) is 5.69 Å². The lowest BCUT2D eigenvalue weighted by Crippen LogP contribution is -1.94. The number of anilines is 1. The average Bonchev–Trinajstić information content (AvgIpc) is 2.38. The summed E-state index contributed by atoms with van der Waals surface area (Å²) < 4.78 is 0. The predicted octanol–water partition coefficient (Wildman–Crippen LogP) is 3.19. The molecule has 0 unspecified atom stereocenters. The number of pyridine rings is 2. The molecule has 0 saturated carbocycles. The van der Waals surface area contributed by atoms with Crippen molar-refractivity contribution in [1.82, 2.24) is 9.97 Å². The van der Waals surface area contributed by atoms with Crippen LogP contribution in [0, 0.1) is 6.92 Å². The number of hydrogen-bond acceptors (Lipinski definition) is 3. The molecule has 0 amide bonds. The summed E-state index contributed by atoms with van der Waals surface area (Å²) in [5.74, 6) is 0. The van der Waals surface area contributed by atoms with Crippen LogP contribution in [0.15, 0.2) is 48.8 Å². The van der Waals surface area contributed by atoms with Gasteiger partial charge in [0.05, 0.1) is 23.1 Å². The number of nitrogens with two attached hydrogens (primary N) is 1. The van der Waals surface area contributed by atoms with Crippen molar-refractivity contribution in [2.75, 3.05) is 5.73 Å². The Morgan fingerprint density at radius 1 is 1.06 bits per heavy atom. The Morgan fingerprint density at radius 3 is 2.72 bits per heavy atom. The predicted molar refractivity (Wildman–Crippen MR) is 74.1 cm³/mol. The van der Waals surface area contributed by atoms with Gasteiger partial charge in [-0.15, -0.1) is 0 Å². The second-order valence-electron chi connectivity index (χ2n) is 4.31. The van der Waals surface area contributed by atoms with Crippen LogP contribution in [0.25, 0.3) is 22.2 Å². The fourth-order valence-corrected chi connectivity index (χ4v) is 2.17. The zero-order valence-corrected chi connectivity index (χ0v) is 10.1. The summed E-state index contributed by atoms with van der Waals surface area (Å²) in [6, 6.07) is 12.0. The smallest absolute Gasteiger partial charge is 0.0796 e. The number of nitrogens with zero attached hydrogens (tertiary/aromatic N) is 2. The molecule has 0 aliphatic rings. The maximum atomic E-state index is 5.74. The van der Waals surface area contributed by atoms with Gasteiger partial charge < -0.3 is 5.73 Å². The van der Waals surface area contributed by atoms with Gasteiger partial charge in [0, 0.05) is 17.1 Å². The van der Waals surface area contributed by atoms with E-state index in [-0.39, 0.29) is 0 Å². The van der Waals surface area contributed by atoms with E-state index in [0.717, 1.165) is 27.7 Å². The van der Waals surface area contributed by atoms with Crippen LogP contribution in [0.2, 0.25) is 0 Å². The third-order valence-corrected chi connectivity index (χ3v) is 2.99. The van der Waals surface area contributed by atoms with Crippen molar-refractivity contribution >= 4 is 16.6 Å². The highest BCUT2D eigenvalue weighted by Gasteiger charge is 2.08. The van der Waals surface area contributed by atoms with E-state index < -0.39 is 0 Å². The molecule has 0 atom stereocenters. The number of benzene rings is 1. The third-order valence-electron chi connectivity index (χ3n) is 2.99. The van der Waals surface area contributed by atoms with Gasteiger partial charge in [-0.2, -0.15) is 0 Å². The van der Waals surface area contributed by atoms with Gasteiger partial charge in [0.2, 0.25) is 0 Å². The summed E-state index contributed by atoms with van der Waals surface area (Å²) in [5, 5.41) is 1.12. The van der Waals surface area contributed by atoms with Gasteiger partial charge in [-0.25, -0.2) is 0 Å². The van der Waals surface area contributed by atoms with E-state index in [1.54, 1.807) is 12.4 Å². The molecule has 0 radical (unpaired) electrons. The Kier molecular flexibility index (Phi) is 2.45. The molecule has 2 aromatic heterocycles. The Hall–Kier alpha value is -2.42. The number of rotatable bonds is 1. The lowest BCUT2D eigenvalue weighted by molar-refractivity contribution is 1.27. The van der Waals surface area contributed by atoms with Crippen LogP contribution in [-0.2, 0) is 0 Å². The summed E-state index contributed by atoms with van der Waals surface area (Å²) in [7, 11) is 0. The van der Waals surface area contributed by atoms with Gasteiger partial charge in [-0.05, 0) is 24.6 Å². The monoisotopic (exact) mass is 235 g/mol. The number of para-hydroxylation sites is 1. The molecule has 3 heteroatoms. The van der Waals surface area contributed by atoms with Gasteiger partial charge in [0.25, 0.3) is 0 Å². The van der Waals surface area contributed by atoms with E-state index in [9.17, 15) is 0 Å². The van der Waals surface area contributed by atoms with E-state index in [2.05, 4.69) is 22.1 Å². The summed E-state index contributed by atoms with van der Waals surface area (Å²) in [4.78, 5) is 8.88. The van der Waals surface area contributed by atoms with Crippen molar-refractivity contribution in [3.8, 4) is 11.3 Å². The number of aryl methyl sites for hydroxylation is 1. The molecule has 3 rings (SSSR count). The van der Waals surface area contributed by atoms with Crippen LogP contribution in [-0.4, -0.2) is 9.97 Å². The van der Waals surface area contributed by atoms with Crippen molar-refractivity contribution in [3.63, 3.8) is 0 Å². The summed E-state index contributed by atoms with van der Waals surface area (Å²) in [6.07, 6.45) is 3.49. The standard InChI is InChI=1S/C15H13N3/c1-10-8-12(16)9-18-14(10)13-6-2-4-11-5-3-7-17-15(11)13/h2-9H,16H2,1H3. The molecule has 88 valence electrons. The normalized spacial score (nSPS) is 10.7. The molecule has 1 aromatic carbocycles. The zero-order chi connectivity index (χ0) is 12.5. The molecule has 3 nitrogen and oxygen atoms in total. The molecule has 2 N–H and O–H groups in total. The highest BCUT2D eigenvalue weighted by atomic mass is 14.7. The topological polar surface area (TPSA) is 51.8 Å². The van der Waals surface area contributed by atoms with Gasteiger partial charge in [-0.1, -0.05) is 24.3 Å². The van der Waals surface area contributed by atoms with Crippen molar-refractivity contribution in [2.24, 2.45) is 0 Å². The SMILES string of the molecule is Cc1cc(N)cnc1-c1cccc2cccnc12. The first-order chi connectivity index (χ1) is 8.75. The largest absolute Gasteiger partial charge is 0.397 e.